The maximum absolute atomic E-state index is 12.7. The molecule has 1 aliphatic heterocycles. The molecule has 3 rings (SSSR count). The second-order valence-electron chi connectivity index (χ2n) is 7.11. The molecule has 1 N–H and O–H groups in total. The highest BCUT2D eigenvalue weighted by Crippen LogP contribution is 2.30. The Labute approximate surface area is 185 Å². The summed E-state index contributed by atoms with van der Waals surface area (Å²) in [5, 5.41) is 2.89. The van der Waals surface area contributed by atoms with E-state index in [4.69, 9.17) is 9.47 Å². The maximum atomic E-state index is 12.7. The maximum Gasteiger partial charge on any atom is 0.227 e. The molecule has 162 valence electrons. The first-order valence-electron chi connectivity index (χ1n) is 9.57. The Bertz CT molecular complexity index is 987. The third-order valence-corrected chi connectivity index (χ3v) is 7.53. The van der Waals surface area contributed by atoms with Gasteiger partial charge in [0.15, 0.2) is 0 Å². The zero-order valence-corrected chi connectivity index (χ0v) is 19.3. The average Bonchev–Trinajstić information content (AvgIpc) is 2.75. The predicted octanol–water partition coefficient (Wildman–Crippen LogP) is 3.65. The fourth-order valence-corrected chi connectivity index (χ4v) is 5.24. The SMILES string of the molecule is COc1ccc(NC(=O)C2CCN(S(=O)(=O)Cc3ccc(Br)cc3)CC2)c(OC)c1. The molecule has 0 saturated carbocycles. The minimum Gasteiger partial charge on any atom is -0.497 e. The largest absolute Gasteiger partial charge is 0.497 e. The van der Waals surface area contributed by atoms with Gasteiger partial charge in [-0.15, -0.1) is 0 Å². The highest BCUT2D eigenvalue weighted by Gasteiger charge is 2.31. The summed E-state index contributed by atoms with van der Waals surface area (Å²) in [6.45, 7) is 0.660. The molecule has 1 amide bonds. The van der Waals surface area contributed by atoms with Crippen molar-refractivity contribution in [2.75, 3.05) is 32.6 Å². The minimum absolute atomic E-state index is 0.0415. The van der Waals surface area contributed by atoms with Gasteiger partial charge in [-0.1, -0.05) is 28.1 Å². The number of nitrogens with zero attached hydrogens (tertiary/aromatic N) is 1. The van der Waals surface area contributed by atoms with Crippen molar-refractivity contribution in [1.29, 1.82) is 0 Å². The van der Waals surface area contributed by atoms with E-state index in [9.17, 15) is 13.2 Å². The van der Waals surface area contributed by atoms with Crippen molar-refractivity contribution >= 4 is 37.5 Å². The van der Waals surface area contributed by atoms with Crippen LogP contribution in [0.1, 0.15) is 18.4 Å². The summed E-state index contributed by atoms with van der Waals surface area (Å²) in [6.07, 6.45) is 0.952. The number of ether oxygens (including phenoxy) is 2. The molecule has 2 aromatic rings. The molecule has 1 fully saturated rings. The van der Waals surface area contributed by atoms with Gasteiger partial charge in [0.25, 0.3) is 0 Å². The first kappa shape index (κ1) is 22.6. The molecule has 0 atom stereocenters. The predicted molar refractivity (Wildman–Crippen MR) is 119 cm³/mol. The van der Waals surface area contributed by atoms with Crippen LogP contribution >= 0.6 is 15.9 Å². The lowest BCUT2D eigenvalue weighted by atomic mass is 9.97. The number of rotatable bonds is 7. The average molecular weight is 497 g/mol. The van der Waals surface area contributed by atoms with Gasteiger partial charge in [0.2, 0.25) is 15.9 Å². The summed E-state index contributed by atoms with van der Waals surface area (Å²) in [4.78, 5) is 12.7. The molecule has 0 bridgehead atoms. The van der Waals surface area contributed by atoms with Crippen LogP contribution in [-0.2, 0) is 20.6 Å². The Morgan fingerprint density at radius 1 is 1.10 bits per heavy atom. The molecule has 7 nitrogen and oxygen atoms in total. The monoisotopic (exact) mass is 496 g/mol. The van der Waals surface area contributed by atoms with Crippen molar-refractivity contribution < 1.29 is 22.7 Å². The third-order valence-electron chi connectivity index (χ3n) is 5.15. The second-order valence-corrected chi connectivity index (χ2v) is 10.00. The van der Waals surface area contributed by atoms with E-state index in [1.165, 1.54) is 11.4 Å². The van der Waals surface area contributed by atoms with Gasteiger partial charge in [0.05, 0.1) is 25.7 Å². The first-order chi connectivity index (χ1) is 14.3. The van der Waals surface area contributed by atoms with Gasteiger partial charge in [0.1, 0.15) is 11.5 Å². The van der Waals surface area contributed by atoms with Crippen LogP contribution in [-0.4, -0.2) is 45.9 Å². The summed E-state index contributed by atoms with van der Waals surface area (Å²) in [7, 11) is -0.335. The van der Waals surface area contributed by atoms with Gasteiger partial charge in [-0.25, -0.2) is 12.7 Å². The molecule has 0 radical (unpaired) electrons. The number of carbonyl (C=O) groups is 1. The van der Waals surface area contributed by atoms with Gasteiger partial charge < -0.3 is 14.8 Å². The number of anilines is 1. The molecule has 0 aromatic heterocycles. The van der Waals surface area contributed by atoms with E-state index in [2.05, 4.69) is 21.2 Å². The van der Waals surface area contributed by atoms with Gasteiger partial charge in [-0.2, -0.15) is 0 Å². The second kappa shape index (κ2) is 9.80. The number of methoxy groups -OCH3 is 2. The Morgan fingerprint density at radius 3 is 2.37 bits per heavy atom. The summed E-state index contributed by atoms with van der Waals surface area (Å²) < 4.78 is 38.3. The topological polar surface area (TPSA) is 84.9 Å². The number of amides is 1. The quantitative estimate of drug-likeness (QED) is 0.632. The molecule has 1 heterocycles. The van der Waals surface area contributed by atoms with Crippen molar-refractivity contribution in [3.05, 3.63) is 52.5 Å². The number of carbonyl (C=O) groups excluding carboxylic acids is 1. The van der Waals surface area contributed by atoms with E-state index in [-0.39, 0.29) is 17.6 Å². The van der Waals surface area contributed by atoms with Crippen LogP contribution in [0.4, 0.5) is 5.69 Å². The van der Waals surface area contributed by atoms with Crippen LogP contribution in [0, 0.1) is 5.92 Å². The third kappa shape index (κ3) is 5.53. The number of halogens is 1. The van der Waals surface area contributed by atoms with Crippen molar-refractivity contribution in [2.45, 2.75) is 18.6 Å². The molecule has 30 heavy (non-hydrogen) atoms. The van der Waals surface area contributed by atoms with E-state index in [0.717, 1.165) is 10.0 Å². The lowest BCUT2D eigenvalue weighted by Gasteiger charge is -2.30. The first-order valence-corrected chi connectivity index (χ1v) is 12.0. The van der Waals surface area contributed by atoms with Crippen LogP contribution in [0.3, 0.4) is 0 Å². The number of nitrogens with one attached hydrogen (secondary N) is 1. The number of sulfonamides is 1. The highest BCUT2D eigenvalue weighted by atomic mass is 79.9. The molecular formula is C21H25BrN2O5S. The summed E-state index contributed by atoms with van der Waals surface area (Å²) in [6, 6.07) is 12.4. The van der Waals surface area contributed by atoms with Crippen LogP contribution in [0.15, 0.2) is 46.9 Å². The van der Waals surface area contributed by atoms with Gasteiger partial charge in [-0.3, -0.25) is 4.79 Å². The summed E-state index contributed by atoms with van der Waals surface area (Å²) >= 11 is 3.35. The van der Waals surface area contributed by atoms with E-state index >= 15 is 0 Å². The lowest BCUT2D eigenvalue weighted by molar-refractivity contribution is -0.120. The summed E-state index contributed by atoms with van der Waals surface area (Å²) in [5.41, 5.74) is 1.30. The molecule has 0 aliphatic carbocycles. The van der Waals surface area contributed by atoms with Crippen molar-refractivity contribution in [1.82, 2.24) is 4.31 Å². The fourth-order valence-electron chi connectivity index (χ4n) is 3.42. The minimum atomic E-state index is -3.42. The zero-order valence-electron chi connectivity index (χ0n) is 16.9. The lowest BCUT2D eigenvalue weighted by Crippen LogP contribution is -2.41. The number of hydrogen-bond donors (Lipinski definition) is 1. The molecule has 9 heteroatoms. The zero-order chi connectivity index (χ0) is 21.7. The van der Waals surface area contributed by atoms with Gasteiger partial charge >= 0.3 is 0 Å². The van der Waals surface area contributed by atoms with Crippen molar-refractivity contribution in [3.63, 3.8) is 0 Å². The molecule has 2 aromatic carbocycles. The van der Waals surface area contributed by atoms with Crippen molar-refractivity contribution in [3.8, 4) is 11.5 Å². The van der Waals surface area contributed by atoms with Crippen LogP contribution in [0.5, 0.6) is 11.5 Å². The Morgan fingerprint density at radius 2 is 1.77 bits per heavy atom. The summed E-state index contributed by atoms with van der Waals surface area (Å²) in [5.74, 6) is 0.714. The molecular weight excluding hydrogens is 472 g/mol. The highest BCUT2D eigenvalue weighted by molar-refractivity contribution is 9.10. The Hall–Kier alpha value is -2.10. The van der Waals surface area contributed by atoms with E-state index in [1.807, 2.05) is 12.1 Å². The van der Waals surface area contributed by atoms with Crippen LogP contribution < -0.4 is 14.8 Å². The Kier molecular flexibility index (Phi) is 7.38. The number of hydrogen-bond acceptors (Lipinski definition) is 5. The molecule has 1 aliphatic rings. The van der Waals surface area contributed by atoms with Crippen LogP contribution in [0.25, 0.3) is 0 Å². The Balaban J connectivity index is 1.58. The van der Waals surface area contributed by atoms with Crippen molar-refractivity contribution in [2.24, 2.45) is 5.92 Å². The fraction of sp³-hybridized carbons (Fsp3) is 0.381. The van der Waals surface area contributed by atoms with Gasteiger partial charge in [-0.05, 0) is 42.7 Å². The van der Waals surface area contributed by atoms with E-state index in [0.29, 0.717) is 43.1 Å². The smallest absolute Gasteiger partial charge is 0.227 e. The van der Waals surface area contributed by atoms with E-state index < -0.39 is 10.0 Å². The van der Waals surface area contributed by atoms with E-state index in [1.54, 1.807) is 37.4 Å². The normalized spacial score (nSPS) is 15.6. The number of piperidine rings is 1. The molecule has 1 saturated heterocycles. The molecule has 0 spiro atoms. The molecule has 0 unspecified atom stereocenters. The van der Waals surface area contributed by atoms with Crippen LogP contribution in [0.2, 0.25) is 0 Å². The van der Waals surface area contributed by atoms with Gasteiger partial charge in [0, 0.05) is 29.5 Å². The number of benzene rings is 2. The standard InChI is InChI=1S/C21H25BrN2O5S/c1-28-18-7-8-19(20(13-18)29-2)23-21(25)16-9-11-24(12-10-16)30(26,27)14-15-3-5-17(22)6-4-15/h3-8,13,16H,9-12,14H2,1-2H3,(H,23,25).